The normalized spacial score (nSPS) is 21.4. The Bertz CT molecular complexity index is 704. The molecular formula is C15H18F3NO3S2. The first kappa shape index (κ1) is 19.1. The fourth-order valence-electron chi connectivity index (χ4n) is 2.44. The summed E-state index contributed by atoms with van der Waals surface area (Å²) < 4.78 is 60.8. The van der Waals surface area contributed by atoms with Gasteiger partial charge in [0.2, 0.25) is 5.91 Å². The van der Waals surface area contributed by atoms with Crippen molar-refractivity contribution in [2.24, 2.45) is 0 Å². The molecular weight excluding hydrogens is 363 g/mol. The van der Waals surface area contributed by atoms with E-state index in [4.69, 9.17) is 0 Å². The first-order valence-electron chi connectivity index (χ1n) is 7.35. The minimum absolute atomic E-state index is 0.0775. The molecule has 1 aromatic rings. The van der Waals surface area contributed by atoms with Crippen LogP contribution in [0.15, 0.2) is 24.3 Å². The van der Waals surface area contributed by atoms with Gasteiger partial charge in [-0.1, -0.05) is 12.1 Å². The Morgan fingerprint density at radius 3 is 2.71 bits per heavy atom. The largest absolute Gasteiger partial charge is 0.416 e. The maximum atomic E-state index is 12.7. The van der Waals surface area contributed by atoms with E-state index in [1.807, 2.05) is 0 Å². The zero-order valence-electron chi connectivity index (χ0n) is 13.0. The van der Waals surface area contributed by atoms with Crippen LogP contribution in [0.3, 0.4) is 0 Å². The molecule has 1 amide bonds. The van der Waals surface area contributed by atoms with Crippen molar-refractivity contribution < 1.29 is 26.4 Å². The highest BCUT2D eigenvalue weighted by Crippen LogP contribution is 2.30. The van der Waals surface area contributed by atoms with E-state index in [0.717, 1.165) is 12.1 Å². The monoisotopic (exact) mass is 381 g/mol. The predicted octanol–water partition coefficient (Wildman–Crippen LogP) is 2.80. The molecule has 1 aromatic carbocycles. The van der Waals surface area contributed by atoms with Crippen LogP contribution in [0.2, 0.25) is 0 Å². The lowest BCUT2D eigenvalue weighted by Gasteiger charge is -2.16. The molecule has 1 heterocycles. The number of amides is 1. The number of hydrogen-bond acceptors (Lipinski definition) is 4. The summed E-state index contributed by atoms with van der Waals surface area (Å²) in [5, 5.41) is 2.55. The van der Waals surface area contributed by atoms with Crippen molar-refractivity contribution >= 4 is 27.5 Å². The summed E-state index contributed by atoms with van der Waals surface area (Å²) in [6.07, 6.45) is -3.90. The standard InChI is InChI=1S/C15H18F3NO3S2/c1-10(11-3-2-4-12(7-11)15(16,17)18)19-14(20)8-23-13-5-6-24(21,22)9-13/h2-4,7,10,13H,5-6,8-9H2,1H3,(H,19,20). The highest BCUT2D eigenvalue weighted by Gasteiger charge is 2.31. The molecule has 2 unspecified atom stereocenters. The van der Waals surface area contributed by atoms with Crippen LogP contribution in [0.25, 0.3) is 0 Å². The number of hydrogen-bond donors (Lipinski definition) is 1. The molecule has 0 aromatic heterocycles. The Hall–Kier alpha value is -1.22. The number of sulfone groups is 1. The summed E-state index contributed by atoms with van der Waals surface area (Å²) in [5.74, 6) is -0.0147. The third kappa shape index (κ3) is 5.41. The van der Waals surface area contributed by atoms with E-state index in [2.05, 4.69) is 5.32 Å². The van der Waals surface area contributed by atoms with Crippen molar-refractivity contribution in [3.8, 4) is 0 Å². The molecule has 0 bridgehead atoms. The third-order valence-electron chi connectivity index (χ3n) is 3.73. The summed E-state index contributed by atoms with van der Waals surface area (Å²) in [6, 6.07) is 4.26. The van der Waals surface area contributed by atoms with E-state index in [0.29, 0.717) is 12.0 Å². The minimum atomic E-state index is -4.43. The molecule has 4 nitrogen and oxygen atoms in total. The van der Waals surface area contributed by atoms with Gasteiger partial charge in [0.1, 0.15) is 0 Å². The SMILES string of the molecule is CC(NC(=O)CSC1CCS(=O)(=O)C1)c1cccc(C(F)(F)F)c1. The van der Waals surface area contributed by atoms with E-state index in [-0.39, 0.29) is 28.4 Å². The van der Waals surface area contributed by atoms with Gasteiger partial charge in [-0.15, -0.1) is 11.8 Å². The van der Waals surface area contributed by atoms with E-state index >= 15 is 0 Å². The van der Waals surface area contributed by atoms with Crippen LogP contribution >= 0.6 is 11.8 Å². The average Bonchev–Trinajstić information content (AvgIpc) is 2.84. The molecule has 2 atom stereocenters. The minimum Gasteiger partial charge on any atom is -0.349 e. The van der Waals surface area contributed by atoms with Crippen molar-refractivity contribution in [2.45, 2.75) is 30.8 Å². The summed E-state index contributed by atoms with van der Waals surface area (Å²) in [5.41, 5.74) is -0.391. The van der Waals surface area contributed by atoms with Gasteiger partial charge in [-0.05, 0) is 31.0 Å². The lowest BCUT2D eigenvalue weighted by Crippen LogP contribution is -2.29. The zero-order valence-corrected chi connectivity index (χ0v) is 14.6. The van der Waals surface area contributed by atoms with Gasteiger partial charge in [-0.25, -0.2) is 8.42 Å². The van der Waals surface area contributed by atoms with Gasteiger partial charge in [-0.3, -0.25) is 4.79 Å². The second-order valence-corrected chi connectivity index (χ2v) is 9.27. The third-order valence-corrected chi connectivity index (χ3v) is 7.01. The molecule has 0 aliphatic carbocycles. The maximum Gasteiger partial charge on any atom is 0.416 e. The van der Waals surface area contributed by atoms with Gasteiger partial charge < -0.3 is 5.32 Å². The van der Waals surface area contributed by atoms with Crippen molar-refractivity contribution in [2.75, 3.05) is 17.3 Å². The average molecular weight is 381 g/mol. The van der Waals surface area contributed by atoms with E-state index in [1.165, 1.54) is 23.9 Å². The molecule has 0 saturated carbocycles. The van der Waals surface area contributed by atoms with Gasteiger partial charge in [0.15, 0.2) is 9.84 Å². The van der Waals surface area contributed by atoms with Gasteiger partial charge in [0.25, 0.3) is 0 Å². The van der Waals surface area contributed by atoms with E-state index in [9.17, 15) is 26.4 Å². The molecule has 134 valence electrons. The molecule has 0 spiro atoms. The van der Waals surface area contributed by atoms with Crippen LogP contribution in [0.5, 0.6) is 0 Å². The lowest BCUT2D eigenvalue weighted by atomic mass is 10.0. The molecule has 1 aliphatic rings. The number of alkyl halides is 3. The van der Waals surface area contributed by atoms with Gasteiger partial charge in [0.05, 0.1) is 28.9 Å². The van der Waals surface area contributed by atoms with Crippen molar-refractivity contribution in [3.63, 3.8) is 0 Å². The summed E-state index contributed by atoms with van der Waals surface area (Å²) in [4.78, 5) is 11.9. The second-order valence-electron chi connectivity index (χ2n) is 5.75. The smallest absolute Gasteiger partial charge is 0.349 e. The van der Waals surface area contributed by atoms with Gasteiger partial charge in [0, 0.05) is 5.25 Å². The van der Waals surface area contributed by atoms with Crippen LogP contribution in [0.1, 0.15) is 30.5 Å². The van der Waals surface area contributed by atoms with Crippen LogP contribution in [0.4, 0.5) is 13.2 Å². The zero-order chi connectivity index (χ0) is 18.0. The second kappa shape index (κ2) is 7.35. The summed E-state index contributed by atoms with van der Waals surface area (Å²) in [6.45, 7) is 1.61. The summed E-state index contributed by atoms with van der Waals surface area (Å²) in [7, 11) is -2.99. The predicted molar refractivity (Wildman–Crippen MR) is 87.5 cm³/mol. The molecule has 1 N–H and O–H groups in total. The molecule has 1 saturated heterocycles. The number of rotatable bonds is 5. The topological polar surface area (TPSA) is 63.2 Å². The van der Waals surface area contributed by atoms with Gasteiger partial charge >= 0.3 is 6.18 Å². The van der Waals surface area contributed by atoms with E-state index < -0.39 is 27.6 Å². The first-order valence-corrected chi connectivity index (χ1v) is 10.2. The van der Waals surface area contributed by atoms with Crippen molar-refractivity contribution in [1.82, 2.24) is 5.32 Å². The van der Waals surface area contributed by atoms with E-state index in [1.54, 1.807) is 6.92 Å². The Kier molecular flexibility index (Phi) is 5.85. The number of carbonyl (C=O) groups is 1. The van der Waals surface area contributed by atoms with Gasteiger partial charge in [-0.2, -0.15) is 13.2 Å². The number of thioether (sulfide) groups is 1. The number of halogens is 3. The number of carbonyl (C=O) groups excluding carboxylic acids is 1. The van der Waals surface area contributed by atoms with Crippen molar-refractivity contribution in [3.05, 3.63) is 35.4 Å². The molecule has 1 aliphatic heterocycles. The molecule has 1 fully saturated rings. The Morgan fingerprint density at radius 2 is 2.12 bits per heavy atom. The van der Waals surface area contributed by atoms with Crippen LogP contribution in [0, 0.1) is 0 Å². The maximum absolute atomic E-state index is 12.7. The number of benzene rings is 1. The van der Waals surface area contributed by atoms with Crippen LogP contribution in [-0.2, 0) is 20.8 Å². The Balaban J connectivity index is 1.88. The fraction of sp³-hybridized carbons (Fsp3) is 0.533. The highest BCUT2D eigenvalue weighted by atomic mass is 32.2. The van der Waals surface area contributed by atoms with Crippen molar-refractivity contribution in [1.29, 1.82) is 0 Å². The quantitative estimate of drug-likeness (QED) is 0.852. The molecule has 24 heavy (non-hydrogen) atoms. The molecule has 2 rings (SSSR count). The van der Waals surface area contributed by atoms with Crippen LogP contribution in [-0.4, -0.2) is 36.8 Å². The first-order chi connectivity index (χ1) is 11.1. The lowest BCUT2D eigenvalue weighted by molar-refractivity contribution is -0.137. The number of nitrogens with one attached hydrogen (secondary N) is 1. The Labute approximate surface area is 143 Å². The fourth-order valence-corrected chi connectivity index (χ4v) is 5.89. The summed E-state index contributed by atoms with van der Waals surface area (Å²) >= 11 is 1.27. The molecule has 9 heteroatoms. The Morgan fingerprint density at radius 1 is 1.42 bits per heavy atom. The molecule has 0 radical (unpaired) electrons. The highest BCUT2D eigenvalue weighted by molar-refractivity contribution is 8.02. The van der Waals surface area contributed by atoms with Crippen LogP contribution < -0.4 is 5.32 Å².